The molecule has 34 heavy (non-hydrogen) atoms. The molecule has 2 atom stereocenters. The van der Waals surface area contributed by atoms with E-state index in [1.807, 2.05) is 0 Å². The smallest absolute Gasteiger partial charge is 0.119 e. The molecule has 2 aliphatic rings. The second kappa shape index (κ2) is 10.2. The first kappa shape index (κ1) is 22.3. The lowest BCUT2D eigenvalue weighted by molar-refractivity contribution is 0.414. The van der Waals surface area contributed by atoms with Crippen LogP contribution in [0.5, 0.6) is 11.5 Å². The van der Waals surface area contributed by atoms with Crippen LogP contribution in [-0.2, 0) is 25.7 Å². The van der Waals surface area contributed by atoms with Crippen LogP contribution >= 0.6 is 0 Å². The molecule has 2 heteroatoms. The number of benzene rings is 4. The molecule has 0 fully saturated rings. The van der Waals surface area contributed by atoms with E-state index in [4.69, 9.17) is 9.47 Å². The number of methoxy groups -OCH3 is 2. The van der Waals surface area contributed by atoms with Crippen LogP contribution in [0.25, 0.3) is 0 Å². The molecule has 0 aliphatic heterocycles. The fourth-order valence-corrected chi connectivity index (χ4v) is 5.36. The number of ether oxygens (including phenoxy) is 2. The van der Waals surface area contributed by atoms with Crippen LogP contribution in [0.15, 0.2) is 97.1 Å². The van der Waals surface area contributed by atoms with Gasteiger partial charge in [-0.3, -0.25) is 0 Å². The molecule has 4 aromatic carbocycles. The van der Waals surface area contributed by atoms with E-state index in [1.54, 1.807) is 14.2 Å². The highest BCUT2D eigenvalue weighted by Crippen LogP contribution is 2.36. The van der Waals surface area contributed by atoms with Gasteiger partial charge in [0.15, 0.2) is 0 Å². The van der Waals surface area contributed by atoms with E-state index in [0.29, 0.717) is 11.8 Å². The van der Waals surface area contributed by atoms with Gasteiger partial charge in [0.2, 0.25) is 0 Å². The molecule has 0 N–H and O–H groups in total. The van der Waals surface area contributed by atoms with Crippen LogP contribution in [-0.4, -0.2) is 14.2 Å². The predicted molar refractivity (Wildman–Crippen MR) is 139 cm³/mol. The maximum absolute atomic E-state index is 5.28. The SMILES string of the molecule is COc1ccc2c(c1)CC(c1ccccc1)C2.COc1ccc2c(c1)CC(c1ccccc1)C2. The van der Waals surface area contributed by atoms with E-state index in [2.05, 4.69) is 97.1 Å². The van der Waals surface area contributed by atoms with Crippen molar-refractivity contribution < 1.29 is 9.47 Å². The van der Waals surface area contributed by atoms with E-state index in [1.165, 1.54) is 33.4 Å². The monoisotopic (exact) mass is 448 g/mol. The molecule has 4 aromatic rings. The Labute approximate surface area is 203 Å². The second-order valence-electron chi connectivity index (χ2n) is 9.30. The summed E-state index contributed by atoms with van der Waals surface area (Å²) in [5.41, 5.74) is 8.72. The summed E-state index contributed by atoms with van der Waals surface area (Å²) in [5.74, 6) is 3.21. The lowest BCUT2D eigenvalue weighted by Crippen LogP contribution is -1.96. The topological polar surface area (TPSA) is 18.5 Å². The highest BCUT2D eigenvalue weighted by molar-refractivity contribution is 5.43. The van der Waals surface area contributed by atoms with Crippen LogP contribution in [0.2, 0.25) is 0 Å². The third kappa shape index (κ3) is 4.87. The predicted octanol–water partition coefficient (Wildman–Crippen LogP) is 7.16. The lowest BCUT2D eigenvalue weighted by Gasteiger charge is -2.08. The van der Waals surface area contributed by atoms with Crippen molar-refractivity contribution in [3.63, 3.8) is 0 Å². The van der Waals surface area contributed by atoms with Gasteiger partial charge in [0.25, 0.3) is 0 Å². The molecule has 2 unspecified atom stereocenters. The fraction of sp³-hybridized carbons (Fsp3) is 0.250. The summed E-state index contributed by atoms with van der Waals surface area (Å²) in [6.45, 7) is 0. The van der Waals surface area contributed by atoms with E-state index in [9.17, 15) is 0 Å². The van der Waals surface area contributed by atoms with Crippen molar-refractivity contribution in [1.82, 2.24) is 0 Å². The number of rotatable bonds is 4. The molecule has 0 aromatic heterocycles. The Balaban J connectivity index is 0.000000142. The van der Waals surface area contributed by atoms with Crippen molar-refractivity contribution in [3.8, 4) is 11.5 Å². The first-order valence-electron chi connectivity index (χ1n) is 12.1. The summed E-state index contributed by atoms with van der Waals surface area (Å²) in [7, 11) is 3.46. The van der Waals surface area contributed by atoms with Crippen LogP contribution < -0.4 is 9.47 Å². The molecule has 0 bridgehead atoms. The molecule has 0 amide bonds. The molecule has 6 rings (SSSR count). The quantitative estimate of drug-likeness (QED) is 0.330. The molecular formula is C32H32O2. The Morgan fingerprint density at radius 3 is 1.24 bits per heavy atom. The zero-order valence-electron chi connectivity index (χ0n) is 20.0. The van der Waals surface area contributed by atoms with Crippen LogP contribution in [0.1, 0.15) is 45.2 Å². The summed E-state index contributed by atoms with van der Waals surface area (Å²) in [6.07, 6.45) is 4.58. The maximum Gasteiger partial charge on any atom is 0.119 e. The Morgan fingerprint density at radius 2 is 0.853 bits per heavy atom. The fourth-order valence-electron chi connectivity index (χ4n) is 5.36. The van der Waals surface area contributed by atoms with E-state index < -0.39 is 0 Å². The largest absolute Gasteiger partial charge is 0.497 e. The van der Waals surface area contributed by atoms with Crippen LogP contribution in [0, 0.1) is 0 Å². The van der Waals surface area contributed by atoms with Crippen LogP contribution in [0.4, 0.5) is 0 Å². The average molecular weight is 449 g/mol. The maximum atomic E-state index is 5.28. The Hall–Kier alpha value is -3.52. The Kier molecular flexibility index (Phi) is 6.67. The molecule has 0 saturated carbocycles. The van der Waals surface area contributed by atoms with Crippen molar-refractivity contribution in [2.75, 3.05) is 14.2 Å². The first-order valence-corrected chi connectivity index (χ1v) is 12.1. The van der Waals surface area contributed by atoms with Gasteiger partial charge in [-0.25, -0.2) is 0 Å². The van der Waals surface area contributed by atoms with Gasteiger partial charge in [0.05, 0.1) is 14.2 Å². The standard InChI is InChI=1S/2C16H16O/c2*1-17-16-8-7-13-9-14(10-15(13)11-16)12-5-3-2-4-6-12/h2*2-8,11,14H,9-10H2,1H3. The highest BCUT2D eigenvalue weighted by Gasteiger charge is 2.23. The summed E-state index contributed by atoms with van der Waals surface area (Å²) in [4.78, 5) is 0. The van der Waals surface area contributed by atoms with Gasteiger partial charge in [-0.05, 0) is 95.2 Å². The molecule has 2 nitrogen and oxygen atoms in total. The lowest BCUT2D eigenvalue weighted by atomic mass is 9.96. The molecular weight excluding hydrogens is 416 g/mol. The van der Waals surface area contributed by atoms with Crippen molar-refractivity contribution in [1.29, 1.82) is 0 Å². The van der Waals surface area contributed by atoms with E-state index in [0.717, 1.165) is 37.2 Å². The summed E-state index contributed by atoms with van der Waals surface area (Å²) < 4.78 is 10.6. The summed E-state index contributed by atoms with van der Waals surface area (Å²) in [6, 6.07) is 34.5. The summed E-state index contributed by atoms with van der Waals surface area (Å²) in [5, 5.41) is 0. The minimum absolute atomic E-state index is 0.637. The minimum atomic E-state index is 0.637. The van der Waals surface area contributed by atoms with Crippen molar-refractivity contribution in [3.05, 3.63) is 130 Å². The molecule has 2 aliphatic carbocycles. The van der Waals surface area contributed by atoms with Crippen LogP contribution in [0.3, 0.4) is 0 Å². The van der Waals surface area contributed by atoms with Gasteiger partial charge in [-0.2, -0.15) is 0 Å². The van der Waals surface area contributed by atoms with E-state index in [-0.39, 0.29) is 0 Å². The van der Waals surface area contributed by atoms with Gasteiger partial charge < -0.3 is 9.47 Å². The molecule has 0 spiro atoms. The van der Waals surface area contributed by atoms with Gasteiger partial charge in [0.1, 0.15) is 11.5 Å². The zero-order valence-corrected chi connectivity index (χ0v) is 20.0. The highest BCUT2D eigenvalue weighted by atomic mass is 16.5. The molecule has 0 saturated heterocycles. The third-order valence-electron chi connectivity index (χ3n) is 7.23. The van der Waals surface area contributed by atoms with Gasteiger partial charge in [0, 0.05) is 0 Å². The zero-order chi connectivity index (χ0) is 23.3. The number of hydrogen-bond donors (Lipinski definition) is 0. The Morgan fingerprint density at radius 1 is 0.471 bits per heavy atom. The number of fused-ring (bicyclic) bond motifs is 2. The van der Waals surface area contributed by atoms with Gasteiger partial charge in [-0.15, -0.1) is 0 Å². The third-order valence-corrected chi connectivity index (χ3v) is 7.23. The summed E-state index contributed by atoms with van der Waals surface area (Å²) >= 11 is 0. The van der Waals surface area contributed by atoms with E-state index >= 15 is 0 Å². The normalized spacial score (nSPS) is 17.8. The minimum Gasteiger partial charge on any atom is -0.497 e. The average Bonchev–Trinajstić information content (AvgIpc) is 3.53. The number of hydrogen-bond acceptors (Lipinski definition) is 2. The van der Waals surface area contributed by atoms with Crippen molar-refractivity contribution in [2.24, 2.45) is 0 Å². The molecule has 0 heterocycles. The van der Waals surface area contributed by atoms with Crippen molar-refractivity contribution in [2.45, 2.75) is 37.5 Å². The second-order valence-corrected chi connectivity index (χ2v) is 9.30. The van der Waals surface area contributed by atoms with Gasteiger partial charge >= 0.3 is 0 Å². The van der Waals surface area contributed by atoms with Crippen molar-refractivity contribution >= 4 is 0 Å². The van der Waals surface area contributed by atoms with Gasteiger partial charge in [-0.1, -0.05) is 72.8 Å². The molecule has 0 radical (unpaired) electrons. The molecule has 172 valence electrons. The first-order chi connectivity index (χ1) is 16.7. The Bertz CT molecular complexity index is 1130.